The van der Waals surface area contributed by atoms with Crippen molar-refractivity contribution >= 4 is 5.82 Å². The number of aromatic nitrogens is 2. The molecule has 78 valence electrons. The van der Waals surface area contributed by atoms with Crippen LogP contribution in [0.1, 0.15) is 31.7 Å². The van der Waals surface area contributed by atoms with E-state index in [1.807, 2.05) is 0 Å². The molecule has 2 N–H and O–H groups in total. The zero-order chi connectivity index (χ0) is 10.2. The Hall–Kier alpha value is -1.13. The van der Waals surface area contributed by atoms with Crippen LogP contribution in [0, 0.1) is 0 Å². The van der Waals surface area contributed by atoms with Crippen molar-refractivity contribution in [1.82, 2.24) is 9.78 Å². The summed E-state index contributed by atoms with van der Waals surface area (Å²) in [5.41, 5.74) is 5.65. The molecular formula is C9H13F2N3. The molecular weight excluding hydrogens is 188 g/mol. The third kappa shape index (κ3) is 1.71. The summed E-state index contributed by atoms with van der Waals surface area (Å²) in [4.78, 5) is 0. The minimum atomic E-state index is -2.49. The maximum absolute atomic E-state index is 12.9. The smallest absolute Gasteiger partial charge is 0.248 e. The highest BCUT2D eigenvalue weighted by molar-refractivity contribution is 5.26. The molecule has 0 aliphatic heterocycles. The lowest BCUT2D eigenvalue weighted by molar-refractivity contribution is -0.0447. The fraction of sp³-hybridized carbons (Fsp3) is 0.667. The number of alkyl halides is 2. The Morgan fingerprint density at radius 1 is 1.43 bits per heavy atom. The van der Waals surface area contributed by atoms with E-state index in [2.05, 4.69) is 5.10 Å². The van der Waals surface area contributed by atoms with Crippen LogP contribution < -0.4 is 5.73 Å². The highest BCUT2D eigenvalue weighted by Gasteiger charge is 2.35. The normalized spacial score (nSPS) is 22.4. The van der Waals surface area contributed by atoms with E-state index in [1.54, 1.807) is 16.9 Å². The Bertz CT molecular complexity index is 312. The SMILES string of the molecule is Nc1ccnn1C1CCC(F)(F)CC1. The highest BCUT2D eigenvalue weighted by Crippen LogP contribution is 2.38. The predicted molar refractivity (Wildman–Crippen MR) is 49.1 cm³/mol. The largest absolute Gasteiger partial charge is 0.384 e. The average molecular weight is 201 g/mol. The fourth-order valence-electron chi connectivity index (χ4n) is 1.90. The van der Waals surface area contributed by atoms with Crippen molar-refractivity contribution in [3.05, 3.63) is 12.3 Å². The Balaban J connectivity index is 2.06. The Kier molecular flexibility index (Phi) is 2.17. The fourth-order valence-corrected chi connectivity index (χ4v) is 1.90. The van der Waals surface area contributed by atoms with Gasteiger partial charge >= 0.3 is 0 Å². The van der Waals surface area contributed by atoms with E-state index in [1.165, 1.54) is 0 Å². The van der Waals surface area contributed by atoms with Crippen LogP contribution >= 0.6 is 0 Å². The number of hydrogen-bond donors (Lipinski definition) is 1. The maximum atomic E-state index is 12.9. The van der Waals surface area contributed by atoms with Crippen LogP contribution in [-0.4, -0.2) is 15.7 Å². The van der Waals surface area contributed by atoms with Crippen LogP contribution in [0.3, 0.4) is 0 Å². The van der Waals surface area contributed by atoms with E-state index < -0.39 is 5.92 Å². The van der Waals surface area contributed by atoms with Crippen LogP contribution in [0.25, 0.3) is 0 Å². The number of rotatable bonds is 1. The minimum Gasteiger partial charge on any atom is -0.384 e. The monoisotopic (exact) mass is 201 g/mol. The molecule has 1 aliphatic carbocycles. The van der Waals surface area contributed by atoms with E-state index >= 15 is 0 Å². The lowest BCUT2D eigenvalue weighted by atomic mass is 9.92. The van der Waals surface area contributed by atoms with Crippen LogP contribution in [0.4, 0.5) is 14.6 Å². The first kappa shape index (κ1) is 9.43. The topological polar surface area (TPSA) is 43.8 Å². The maximum Gasteiger partial charge on any atom is 0.248 e. The first-order chi connectivity index (χ1) is 6.58. The third-order valence-corrected chi connectivity index (χ3v) is 2.73. The molecule has 0 spiro atoms. The van der Waals surface area contributed by atoms with Crippen molar-refractivity contribution < 1.29 is 8.78 Å². The molecule has 14 heavy (non-hydrogen) atoms. The molecule has 0 unspecified atom stereocenters. The van der Waals surface area contributed by atoms with Crippen molar-refractivity contribution in [3.8, 4) is 0 Å². The average Bonchev–Trinajstić information content (AvgIpc) is 2.52. The molecule has 0 aromatic carbocycles. The molecule has 0 atom stereocenters. The summed E-state index contributed by atoms with van der Waals surface area (Å²) in [6, 6.07) is 1.73. The van der Waals surface area contributed by atoms with E-state index in [9.17, 15) is 8.78 Å². The van der Waals surface area contributed by atoms with Crippen molar-refractivity contribution in [2.45, 2.75) is 37.6 Å². The van der Waals surface area contributed by atoms with E-state index in [4.69, 9.17) is 5.73 Å². The quantitative estimate of drug-likeness (QED) is 0.757. The number of anilines is 1. The Morgan fingerprint density at radius 2 is 2.07 bits per heavy atom. The molecule has 0 radical (unpaired) electrons. The minimum absolute atomic E-state index is 0.0459. The predicted octanol–water partition coefficient (Wildman–Crippen LogP) is 2.22. The summed E-state index contributed by atoms with van der Waals surface area (Å²) in [6.07, 6.45) is 2.40. The van der Waals surface area contributed by atoms with Gasteiger partial charge in [-0.15, -0.1) is 0 Å². The molecule has 0 bridgehead atoms. The van der Waals surface area contributed by atoms with Crippen molar-refractivity contribution in [2.75, 3.05) is 5.73 Å². The van der Waals surface area contributed by atoms with Crippen molar-refractivity contribution in [2.24, 2.45) is 0 Å². The van der Waals surface area contributed by atoms with Crippen LogP contribution in [0.5, 0.6) is 0 Å². The van der Waals surface area contributed by atoms with Gasteiger partial charge in [-0.05, 0) is 18.9 Å². The standard InChI is InChI=1S/C9H13F2N3/c10-9(11)4-1-7(2-5-9)14-8(12)3-6-13-14/h3,6-7H,1-2,4-5,12H2. The number of nitrogens with zero attached hydrogens (tertiary/aromatic N) is 2. The Morgan fingerprint density at radius 3 is 2.57 bits per heavy atom. The summed E-state index contributed by atoms with van der Waals surface area (Å²) >= 11 is 0. The summed E-state index contributed by atoms with van der Waals surface area (Å²) in [5.74, 6) is -1.93. The number of halogens is 2. The van der Waals surface area contributed by atoms with E-state index in [0.717, 1.165) is 0 Å². The van der Waals surface area contributed by atoms with Gasteiger partial charge in [0.25, 0.3) is 0 Å². The van der Waals surface area contributed by atoms with Gasteiger partial charge in [-0.2, -0.15) is 5.10 Å². The second-order valence-electron chi connectivity index (χ2n) is 3.79. The summed E-state index contributed by atoms with van der Waals surface area (Å²) in [6.45, 7) is 0. The molecule has 1 heterocycles. The Labute approximate surface area is 80.9 Å². The van der Waals surface area contributed by atoms with Gasteiger partial charge in [0.1, 0.15) is 5.82 Å². The van der Waals surface area contributed by atoms with Gasteiger partial charge in [-0.25, -0.2) is 13.5 Å². The molecule has 5 heteroatoms. The third-order valence-electron chi connectivity index (χ3n) is 2.73. The molecule has 1 aromatic rings. The van der Waals surface area contributed by atoms with Gasteiger partial charge in [-0.1, -0.05) is 0 Å². The molecule has 0 saturated heterocycles. The first-order valence-electron chi connectivity index (χ1n) is 4.75. The van der Waals surface area contributed by atoms with Crippen molar-refractivity contribution in [1.29, 1.82) is 0 Å². The molecule has 1 saturated carbocycles. The zero-order valence-corrected chi connectivity index (χ0v) is 7.79. The second kappa shape index (κ2) is 3.22. The number of nitrogens with two attached hydrogens (primary N) is 1. The van der Waals surface area contributed by atoms with Crippen LogP contribution in [0.15, 0.2) is 12.3 Å². The van der Waals surface area contributed by atoms with E-state index in [0.29, 0.717) is 18.7 Å². The van der Waals surface area contributed by atoms with Gasteiger partial charge in [-0.3, -0.25) is 0 Å². The second-order valence-corrected chi connectivity index (χ2v) is 3.79. The lowest BCUT2D eigenvalue weighted by Gasteiger charge is -2.28. The summed E-state index contributed by atoms with van der Waals surface area (Å²) in [5, 5.41) is 4.03. The summed E-state index contributed by atoms with van der Waals surface area (Å²) in [7, 11) is 0. The van der Waals surface area contributed by atoms with Gasteiger partial charge in [0.15, 0.2) is 0 Å². The zero-order valence-electron chi connectivity index (χ0n) is 7.79. The van der Waals surface area contributed by atoms with Crippen molar-refractivity contribution in [3.63, 3.8) is 0 Å². The highest BCUT2D eigenvalue weighted by atomic mass is 19.3. The molecule has 1 fully saturated rings. The van der Waals surface area contributed by atoms with Gasteiger partial charge < -0.3 is 5.73 Å². The number of nitrogen functional groups attached to an aromatic ring is 1. The van der Waals surface area contributed by atoms with E-state index in [-0.39, 0.29) is 18.9 Å². The lowest BCUT2D eigenvalue weighted by Crippen LogP contribution is -2.27. The first-order valence-corrected chi connectivity index (χ1v) is 4.75. The molecule has 0 amide bonds. The van der Waals surface area contributed by atoms with Crippen LogP contribution in [0.2, 0.25) is 0 Å². The van der Waals surface area contributed by atoms with Gasteiger partial charge in [0.05, 0.1) is 12.2 Å². The van der Waals surface area contributed by atoms with Gasteiger partial charge in [0, 0.05) is 12.8 Å². The van der Waals surface area contributed by atoms with Gasteiger partial charge in [0.2, 0.25) is 5.92 Å². The summed E-state index contributed by atoms with van der Waals surface area (Å²) < 4.78 is 27.4. The van der Waals surface area contributed by atoms with Crippen LogP contribution in [-0.2, 0) is 0 Å². The number of hydrogen-bond acceptors (Lipinski definition) is 2. The molecule has 1 aromatic heterocycles. The molecule has 3 nitrogen and oxygen atoms in total. The molecule has 2 rings (SSSR count). The molecule has 1 aliphatic rings.